The molecular weight excluding hydrogens is 358 g/mol. The van der Waals surface area contributed by atoms with E-state index in [1.54, 1.807) is 19.0 Å². The number of aliphatic imine (C=N–C) groups is 1. The minimum absolute atomic E-state index is 0.0168. The highest BCUT2D eigenvalue weighted by Gasteiger charge is 2.24. The van der Waals surface area contributed by atoms with Crippen LogP contribution in [0, 0.1) is 0 Å². The molecular formula is C19H33N7O2. The number of nitrogens with zero attached hydrogens (tertiary/aromatic N) is 5. The molecule has 3 heterocycles. The number of rotatable bonds is 5. The molecule has 0 aliphatic carbocycles. The molecule has 1 fully saturated rings. The maximum atomic E-state index is 12.0. The molecule has 9 heteroatoms. The number of aromatic nitrogens is 3. The van der Waals surface area contributed by atoms with Gasteiger partial charge in [0, 0.05) is 51.7 Å². The summed E-state index contributed by atoms with van der Waals surface area (Å²) in [6, 6.07) is 0.516. The number of guanidine groups is 1. The molecule has 1 saturated heterocycles. The van der Waals surface area contributed by atoms with Gasteiger partial charge in [-0.3, -0.25) is 4.79 Å². The van der Waals surface area contributed by atoms with Crippen LogP contribution in [0.5, 0.6) is 0 Å². The molecule has 2 aliphatic rings. The molecule has 9 nitrogen and oxygen atoms in total. The first-order valence-electron chi connectivity index (χ1n) is 10.2. The monoisotopic (exact) mass is 391 g/mol. The Labute approximate surface area is 166 Å². The van der Waals surface area contributed by atoms with E-state index in [0.29, 0.717) is 17.9 Å². The second-order valence-corrected chi connectivity index (χ2v) is 8.09. The Morgan fingerprint density at radius 3 is 2.64 bits per heavy atom. The zero-order valence-corrected chi connectivity index (χ0v) is 17.4. The fraction of sp³-hybridized carbons (Fsp3) is 0.789. The number of carbonyl (C=O) groups excluding carboxylic acids is 1. The average Bonchev–Trinajstić information content (AvgIpc) is 3.10. The maximum absolute atomic E-state index is 12.0. The van der Waals surface area contributed by atoms with Crippen molar-refractivity contribution in [1.29, 1.82) is 0 Å². The van der Waals surface area contributed by atoms with Crippen molar-refractivity contribution >= 4 is 11.9 Å². The van der Waals surface area contributed by atoms with E-state index in [4.69, 9.17) is 4.74 Å². The zero-order valence-electron chi connectivity index (χ0n) is 17.4. The van der Waals surface area contributed by atoms with Gasteiger partial charge >= 0.3 is 0 Å². The summed E-state index contributed by atoms with van der Waals surface area (Å²) >= 11 is 0. The molecule has 1 unspecified atom stereocenters. The Balaban J connectivity index is 1.65. The first kappa shape index (κ1) is 20.6. The SMILES string of the molecule is CC(C)c1nc2n(n1)CC(NC(=NCC(=O)N(C)C)NC1CCOCC1)CC2. The minimum Gasteiger partial charge on any atom is -0.381 e. The highest BCUT2D eigenvalue weighted by molar-refractivity contribution is 5.85. The molecule has 1 aromatic heterocycles. The van der Waals surface area contributed by atoms with Gasteiger partial charge in [-0.05, 0) is 19.3 Å². The molecule has 0 aromatic carbocycles. The number of carbonyl (C=O) groups is 1. The van der Waals surface area contributed by atoms with E-state index < -0.39 is 0 Å². The van der Waals surface area contributed by atoms with Gasteiger partial charge in [-0.2, -0.15) is 5.10 Å². The summed E-state index contributed by atoms with van der Waals surface area (Å²) in [5, 5.41) is 11.7. The van der Waals surface area contributed by atoms with Crippen LogP contribution in [0.25, 0.3) is 0 Å². The Kier molecular flexibility index (Phi) is 6.88. The second-order valence-electron chi connectivity index (χ2n) is 8.09. The van der Waals surface area contributed by atoms with Crippen molar-refractivity contribution in [2.45, 2.75) is 64.1 Å². The minimum atomic E-state index is -0.0168. The summed E-state index contributed by atoms with van der Waals surface area (Å²) in [6.07, 6.45) is 3.74. The quantitative estimate of drug-likeness (QED) is 0.561. The average molecular weight is 392 g/mol. The summed E-state index contributed by atoms with van der Waals surface area (Å²) in [7, 11) is 3.49. The van der Waals surface area contributed by atoms with Crippen LogP contribution in [-0.2, 0) is 22.5 Å². The molecule has 1 aromatic rings. The van der Waals surface area contributed by atoms with Crippen LogP contribution in [-0.4, -0.2) is 77.5 Å². The third-order valence-electron chi connectivity index (χ3n) is 5.17. The molecule has 0 radical (unpaired) electrons. The zero-order chi connectivity index (χ0) is 20.1. The molecule has 156 valence electrons. The van der Waals surface area contributed by atoms with Crippen LogP contribution < -0.4 is 10.6 Å². The first-order chi connectivity index (χ1) is 13.4. The predicted octanol–water partition coefficient (Wildman–Crippen LogP) is 0.519. The van der Waals surface area contributed by atoms with Gasteiger partial charge in [0.1, 0.15) is 12.4 Å². The van der Waals surface area contributed by atoms with Crippen LogP contribution in [0.3, 0.4) is 0 Å². The predicted molar refractivity (Wildman–Crippen MR) is 107 cm³/mol. The number of amides is 1. The molecule has 1 amide bonds. The van der Waals surface area contributed by atoms with Gasteiger partial charge in [-0.25, -0.2) is 14.7 Å². The Morgan fingerprint density at radius 2 is 1.96 bits per heavy atom. The van der Waals surface area contributed by atoms with Crippen LogP contribution in [0.1, 0.15) is 50.7 Å². The summed E-state index contributed by atoms with van der Waals surface area (Å²) in [4.78, 5) is 22.7. The van der Waals surface area contributed by atoms with Gasteiger partial charge in [0.25, 0.3) is 0 Å². The van der Waals surface area contributed by atoms with E-state index in [1.807, 2.05) is 4.68 Å². The van der Waals surface area contributed by atoms with Crippen molar-refractivity contribution in [3.05, 3.63) is 11.6 Å². The van der Waals surface area contributed by atoms with Crippen LogP contribution in [0.4, 0.5) is 0 Å². The summed E-state index contributed by atoms with van der Waals surface area (Å²) in [5.41, 5.74) is 0. The highest BCUT2D eigenvalue weighted by Crippen LogP contribution is 2.17. The van der Waals surface area contributed by atoms with Gasteiger partial charge < -0.3 is 20.3 Å². The standard InChI is InChI=1S/C19H33N7O2/c1-13(2)18-23-16-6-5-15(12-26(16)24-18)22-19(20-11-17(27)25(3)4)21-14-7-9-28-10-8-14/h13-15H,5-12H2,1-4H3,(H2,20,21,22). The topological polar surface area (TPSA) is 96.7 Å². The number of hydrogen-bond donors (Lipinski definition) is 2. The van der Waals surface area contributed by atoms with Crippen molar-refractivity contribution in [2.75, 3.05) is 33.9 Å². The van der Waals surface area contributed by atoms with E-state index in [9.17, 15) is 4.79 Å². The molecule has 28 heavy (non-hydrogen) atoms. The van der Waals surface area contributed by atoms with Gasteiger partial charge in [-0.15, -0.1) is 0 Å². The molecule has 3 rings (SSSR count). The smallest absolute Gasteiger partial charge is 0.243 e. The number of ether oxygens (including phenoxy) is 1. The summed E-state index contributed by atoms with van der Waals surface area (Å²) < 4.78 is 7.45. The lowest BCUT2D eigenvalue weighted by atomic mass is 10.1. The van der Waals surface area contributed by atoms with Crippen molar-refractivity contribution < 1.29 is 9.53 Å². The maximum Gasteiger partial charge on any atom is 0.243 e. The Morgan fingerprint density at radius 1 is 1.25 bits per heavy atom. The number of fused-ring (bicyclic) bond motifs is 1. The van der Waals surface area contributed by atoms with E-state index in [0.717, 1.165) is 57.1 Å². The van der Waals surface area contributed by atoms with Crippen molar-refractivity contribution in [3.8, 4) is 0 Å². The number of likely N-dealkylation sites (N-methyl/N-ethyl adjacent to an activating group) is 1. The van der Waals surface area contributed by atoms with Crippen LogP contribution >= 0.6 is 0 Å². The number of nitrogens with one attached hydrogen (secondary N) is 2. The largest absolute Gasteiger partial charge is 0.381 e. The third-order valence-corrected chi connectivity index (χ3v) is 5.17. The van der Waals surface area contributed by atoms with E-state index in [1.165, 1.54) is 0 Å². The molecule has 0 bridgehead atoms. The van der Waals surface area contributed by atoms with Crippen molar-refractivity contribution in [3.63, 3.8) is 0 Å². The van der Waals surface area contributed by atoms with Gasteiger partial charge in [0.05, 0.1) is 6.54 Å². The molecule has 0 spiro atoms. The van der Waals surface area contributed by atoms with Crippen LogP contribution in [0.2, 0.25) is 0 Å². The van der Waals surface area contributed by atoms with E-state index in [-0.39, 0.29) is 18.5 Å². The fourth-order valence-electron chi connectivity index (χ4n) is 3.34. The first-order valence-corrected chi connectivity index (χ1v) is 10.2. The second kappa shape index (κ2) is 9.36. The fourth-order valence-corrected chi connectivity index (χ4v) is 3.34. The lowest BCUT2D eigenvalue weighted by molar-refractivity contribution is -0.127. The number of hydrogen-bond acceptors (Lipinski definition) is 5. The Hall–Kier alpha value is -2.16. The van der Waals surface area contributed by atoms with Gasteiger partial charge in [0.15, 0.2) is 11.8 Å². The van der Waals surface area contributed by atoms with Gasteiger partial charge in [0.2, 0.25) is 5.91 Å². The van der Waals surface area contributed by atoms with Crippen LogP contribution in [0.15, 0.2) is 4.99 Å². The Bertz CT molecular complexity index is 692. The molecule has 2 aliphatic heterocycles. The van der Waals surface area contributed by atoms with Crippen molar-refractivity contribution in [1.82, 2.24) is 30.3 Å². The molecule has 1 atom stereocenters. The molecule has 2 N–H and O–H groups in total. The lowest BCUT2D eigenvalue weighted by Crippen LogP contribution is -2.51. The normalized spacial score (nSPS) is 20.8. The third kappa shape index (κ3) is 5.43. The summed E-state index contributed by atoms with van der Waals surface area (Å²) in [5.74, 6) is 2.97. The van der Waals surface area contributed by atoms with Gasteiger partial charge in [-0.1, -0.05) is 13.8 Å². The van der Waals surface area contributed by atoms with Crippen molar-refractivity contribution in [2.24, 2.45) is 4.99 Å². The van der Waals surface area contributed by atoms with E-state index >= 15 is 0 Å². The lowest BCUT2D eigenvalue weighted by Gasteiger charge is -2.29. The van der Waals surface area contributed by atoms with E-state index in [2.05, 4.69) is 39.6 Å². The highest BCUT2D eigenvalue weighted by atomic mass is 16.5. The summed E-state index contributed by atoms with van der Waals surface area (Å²) in [6.45, 7) is 6.62. The molecule has 0 saturated carbocycles. The number of aryl methyl sites for hydroxylation is 1.